The van der Waals surface area contributed by atoms with E-state index in [1.54, 1.807) is 6.20 Å². The third kappa shape index (κ3) is 2.63. The van der Waals surface area contributed by atoms with Crippen LogP contribution in [0.15, 0.2) is 41.9 Å². The van der Waals surface area contributed by atoms with Crippen LogP contribution in [0.25, 0.3) is 0 Å². The quantitative estimate of drug-likeness (QED) is 0.801. The number of hydrogen-bond donors (Lipinski definition) is 1. The van der Waals surface area contributed by atoms with Gasteiger partial charge in [-0.15, -0.1) is 11.3 Å². The van der Waals surface area contributed by atoms with Crippen molar-refractivity contribution in [1.29, 1.82) is 0 Å². The molecule has 2 aromatic rings. The zero-order valence-electron chi connectivity index (χ0n) is 8.01. The molecule has 0 spiro atoms. The number of nitrogens with one attached hydrogen (secondary N) is 1. The van der Waals surface area contributed by atoms with Crippen molar-refractivity contribution in [2.45, 2.75) is 0 Å². The maximum atomic E-state index is 11.7. The Balaban J connectivity index is 1.94. The largest absolute Gasteiger partial charge is 0.354 e. The molecular weight excluding hydrogens is 208 g/mol. The van der Waals surface area contributed by atoms with E-state index in [4.69, 9.17) is 0 Å². The third-order valence-corrected chi connectivity index (χ3v) is 2.66. The van der Waals surface area contributed by atoms with Crippen molar-refractivity contribution < 1.29 is 4.79 Å². The fourth-order valence-corrected chi connectivity index (χ4v) is 1.72. The Hall–Kier alpha value is -1.68. The average Bonchev–Trinajstić information content (AvgIpc) is 2.80. The highest BCUT2D eigenvalue weighted by molar-refractivity contribution is 7.13. The highest BCUT2D eigenvalue weighted by atomic mass is 32.1. The van der Waals surface area contributed by atoms with Gasteiger partial charge in [0.05, 0.1) is 6.54 Å². The molecule has 1 heterocycles. The highest BCUT2D eigenvalue weighted by Crippen LogP contribution is 2.10. The van der Waals surface area contributed by atoms with Gasteiger partial charge in [-0.3, -0.25) is 4.79 Å². The molecular formula is C11H10N2OS. The summed E-state index contributed by atoms with van der Waals surface area (Å²) < 4.78 is 0. The molecule has 0 aliphatic heterocycles. The summed E-state index contributed by atoms with van der Waals surface area (Å²) in [6.07, 6.45) is 1.71. The van der Waals surface area contributed by atoms with E-state index < -0.39 is 0 Å². The van der Waals surface area contributed by atoms with Crippen LogP contribution in [0.2, 0.25) is 0 Å². The molecule has 15 heavy (non-hydrogen) atoms. The molecule has 1 N–H and O–H groups in total. The van der Waals surface area contributed by atoms with Crippen molar-refractivity contribution in [2.24, 2.45) is 0 Å². The first-order valence-corrected chi connectivity index (χ1v) is 5.46. The second-order valence-electron chi connectivity index (χ2n) is 2.98. The van der Waals surface area contributed by atoms with Crippen molar-refractivity contribution in [1.82, 2.24) is 4.98 Å². The Labute approximate surface area is 91.8 Å². The van der Waals surface area contributed by atoms with Crippen molar-refractivity contribution in [2.75, 3.05) is 11.9 Å². The zero-order valence-corrected chi connectivity index (χ0v) is 8.83. The van der Waals surface area contributed by atoms with E-state index in [0.29, 0.717) is 0 Å². The number of ketones is 1. The maximum Gasteiger partial charge on any atom is 0.182 e. The van der Waals surface area contributed by atoms with Gasteiger partial charge in [0, 0.05) is 17.1 Å². The minimum atomic E-state index is 0.0748. The van der Waals surface area contributed by atoms with E-state index in [9.17, 15) is 4.79 Å². The van der Waals surface area contributed by atoms with Gasteiger partial charge in [-0.1, -0.05) is 30.3 Å². The van der Waals surface area contributed by atoms with Crippen LogP contribution in [0.1, 0.15) is 10.4 Å². The van der Waals surface area contributed by atoms with Gasteiger partial charge in [-0.2, -0.15) is 0 Å². The highest BCUT2D eigenvalue weighted by Gasteiger charge is 2.04. The number of anilines is 1. The summed E-state index contributed by atoms with van der Waals surface area (Å²) in [5, 5.41) is 5.63. The summed E-state index contributed by atoms with van der Waals surface area (Å²) in [6, 6.07) is 9.23. The van der Waals surface area contributed by atoms with Gasteiger partial charge >= 0.3 is 0 Å². The van der Waals surface area contributed by atoms with Crippen LogP contribution < -0.4 is 5.32 Å². The molecule has 0 saturated heterocycles. The Kier molecular flexibility index (Phi) is 3.09. The molecule has 0 fully saturated rings. The smallest absolute Gasteiger partial charge is 0.182 e. The number of nitrogens with zero attached hydrogens (tertiary/aromatic N) is 1. The number of aromatic nitrogens is 1. The van der Waals surface area contributed by atoms with Gasteiger partial charge in [0.2, 0.25) is 0 Å². The van der Waals surface area contributed by atoms with Crippen molar-refractivity contribution in [3.63, 3.8) is 0 Å². The lowest BCUT2D eigenvalue weighted by atomic mass is 10.1. The lowest BCUT2D eigenvalue weighted by molar-refractivity contribution is 0.101. The minimum Gasteiger partial charge on any atom is -0.354 e. The SMILES string of the molecule is O=C(CNc1nccs1)c1ccccc1. The molecule has 0 bridgehead atoms. The third-order valence-electron chi connectivity index (χ3n) is 1.93. The van der Waals surface area contributed by atoms with Crippen LogP contribution in [0, 0.1) is 0 Å². The lowest BCUT2D eigenvalue weighted by Crippen LogP contribution is -2.13. The second-order valence-corrected chi connectivity index (χ2v) is 3.87. The summed E-state index contributed by atoms with van der Waals surface area (Å²) in [5.41, 5.74) is 0.724. The number of thiazole rings is 1. The standard InChI is InChI=1S/C11H10N2OS/c14-10(9-4-2-1-3-5-9)8-13-11-12-6-7-15-11/h1-7H,8H2,(H,12,13). The molecule has 0 aliphatic carbocycles. The van der Waals surface area contributed by atoms with Gasteiger partial charge in [0.25, 0.3) is 0 Å². The van der Waals surface area contributed by atoms with E-state index >= 15 is 0 Å². The Morgan fingerprint density at radius 1 is 1.33 bits per heavy atom. The number of rotatable bonds is 4. The topological polar surface area (TPSA) is 42.0 Å². The molecule has 0 unspecified atom stereocenters. The van der Waals surface area contributed by atoms with Crippen LogP contribution >= 0.6 is 11.3 Å². The summed E-state index contributed by atoms with van der Waals surface area (Å²) in [7, 11) is 0. The van der Waals surface area contributed by atoms with Gasteiger partial charge in [-0.05, 0) is 0 Å². The number of carbonyl (C=O) groups excluding carboxylic acids is 1. The summed E-state index contributed by atoms with van der Waals surface area (Å²) >= 11 is 1.49. The fraction of sp³-hybridized carbons (Fsp3) is 0.0909. The van der Waals surface area contributed by atoms with Gasteiger partial charge in [0.15, 0.2) is 10.9 Å². The molecule has 3 nitrogen and oxygen atoms in total. The molecule has 0 radical (unpaired) electrons. The van der Waals surface area contributed by atoms with Crippen LogP contribution in [0.5, 0.6) is 0 Å². The van der Waals surface area contributed by atoms with E-state index in [0.717, 1.165) is 10.7 Å². The van der Waals surface area contributed by atoms with E-state index in [-0.39, 0.29) is 12.3 Å². The predicted molar refractivity (Wildman–Crippen MR) is 61.4 cm³/mol. The fourth-order valence-electron chi connectivity index (χ4n) is 1.19. The Morgan fingerprint density at radius 3 is 2.80 bits per heavy atom. The predicted octanol–water partition coefficient (Wildman–Crippen LogP) is 2.44. The second kappa shape index (κ2) is 4.70. The van der Waals surface area contributed by atoms with Gasteiger partial charge in [0.1, 0.15) is 0 Å². The molecule has 76 valence electrons. The molecule has 1 aromatic heterocycles. The van der Waals surface area contributed by atoms with Crippen LogP contribution in [0.4, 0.5) is 5.13 Å². The van der Waals surface area contributed by atoms with Crippen molar-refractivity contribution >= 4 is 22.3 Å². The first-order chi connectivity index (χ1) is 7.36. The van der Waals surface area contributed by atoms with Crippen LogP contribution in [-0.2, 0) is 0 Å². The van der Waals surface area contributed by atoms with E-state index in [2.05, 4.69) is 10.3 Å². The number of benzene rings is 1. The average molecular weight is 218 g/mol. The first kappa shape index (κ1) is 9.86. The van der Waals surface area contributed by atoms with Crippen molar-refractivity contribution in [3.8, 4) is 0 Å². The summed E-state index contributed by atoms with van der Waals surface area (Å²) in [5.74, 6) is 0.0748. The lowest BCUT2D eigenvalue weighted by Gasteiger charge is -2.01. The Bertz CT molecular complexity index is 425. The Morgan fingerprint density at radius 2 is 2.13 bits per heavy atom. The summed E-state index contributed by atoms with van der Waals surface area (Å²) in [4.78, 5) is 15.7. The number of Topliss-reactive ketones (excluding diaryl/α,β-unsaturated/α-hetero) is 1. The maximum absolute atomic E-state index is 11.7. The minimum absolute atomic E-state index is 0.0748. The monoisotopic (exact) mass is 218 g/mol. The normalized spacial score (nSPS) is 9.87. The van der Waals surface area contributed by atoms with Crippen molar-refractivity contribution in [3.05, 3.63) is 47.5 Å². The number of hydrogen-bond acceptors (Lipinski definition) is 4. The molecule has 0 aliphatic rings. The van der Waals surface area contributed by atoms with Gasteiger partial charge in [-0.25, -0.2) is 4.98 Å². The first-order valence-electron chi connectivity index (χ1n) is 4.58. The molecule has 0 atom stereocenters. The van der Waals surface area contributed by atoms with Crippen LogP contribution in [0.3, 0.4) is 0 Å². The van der Waals surface area contributed by atoms with Crippen LogP contribution in [-0.4, -0.2) is 17.3 Å². The molecule has 0 amide bonds. The molecule has 0 saturated carbocycles. The molecule has 1 aromatic carbocycles. The molecule has 4 heteroatoms. The molecule has 2 rings (SSSR count). The zero-order chi connectivity index (χ0) is 10.5. The summed E-state index contributed by atoms with van der Waals surface area (Å²) in [6.45, 7) is 0.289. The van der Waals surface area contributed by atoms with E-state index in [1.165, 1.54) is 11.3 Å². The van der Waals surface area contributed by atoms with E-state index in [1.807, 2.05) is 35.7 Å². The number of carbonyl (C=O) groups is 1. The van der Waals surface area contributed by atoms with Gasteiger partial charge < -0.3 is 5.32 Å².